The Morgan fingerprint density at radius 1 is 0.277 bits per heavy atom. The fourth-order valence-electron chi connectivity index (χ4n) is 12.6. The zero-order valence-corrected chi connectivity index (χ0v) is 36.5. The van der Waals surface area contributed by atoms with Crippen LogP contribution in [0.25, 0.3) is 153 Å². The predicted octanol–water partition coefficient (Wildman–Crippen LogP) is 14.7. The van der Waals surface area contributed by atoms with E-state index in [9.17, 15) is 0 Å². The van der Waals surface area contributed by atoms with E-state index in [1.54, 1.807) is 0 Å². The van der Waals surface area contributed by atoms with Gasteiger partial charge < -0.3 is 9.97 Å². The van der Waals surface area contributed by atoms with Gasteiger partial charge in [-0.2, -0.15) is 0 Å². The largest absolute Gasteiger partial charge is 2.00 e. The number of fused-ring (bicyclic) bond motifs is 26. The minimum Gasteiger partial charge on any atom is -0.657 e. The normalized spacial score (nSPS) is 12.8. The molecule has 5 heterocycles. The first-order valence-corrected chi connectivity index (χ1v) is 22.1. The van der Waals surface area contributed by atoms with Crippen LogP contribution in [0.1, 0.15) is 0 Å². The average molecular weight is 1000 g/mol. The number of hydrogen-bond acceptors (Lipinski definition) is 2. The molecule has 0 fully saturated rings. The van der Waals surface area contributed by atoms with Gasteiger partial charge in [0.15, 0.2) is 0 Å². The van der Waals surface area contributed by atoms with Crippen molar-refractivity contribution in [2.45, 2.75) is 0 Å². The van der Waals surface area contributed by atoms with Crippen molar-refractivity contribution >= 4 is 109 Å². The van der Waals surface area contributed by atoms with Gasteiger partial charge in [-0.3, -0.25) is 0 Å². The molecule has 0 saturated heterocycles. The molecule has 0 unspecified atom stereocenters. The molecule has 65 heavy (non-hydrogen) atoms. The van der Waals surface area contributed by atoms with Crippen LogP contribution in [0.2, 0.25) is 0 Å². The summed E-state index contributed by atoms with van der Waals surface area (Å²) in [6.45, 7) is 0. The predicted molar refractivity (Wildman–Crippen MR) is 263 cm³/mol. The molecule has 11 aromatic rings. The van der Waals surface area contributed by atoms with Crippen LogP contribution in [0.15, 0.2) is 170 Å². The Morgan fingerprint density at radius 3 is 0.800 bits per heavy atom. The van der Waals surface area contributed by atoms with Gasteiger partial charge in [0.2, 0.25) is 0 Å². The van der Waals surface area contributed by atoms with Crippen molar-refractivity contribution in [3.05, 3.63) is 191 Å². The molecule has 4 aliphatic carbocycles. The third kappa shape index (κ3) is 4.10. The van der Waals surface area contributed by atoms with Gasteiger partial charge in [-0.1, -0.05) is 146 Å². The van der Waals surface area contributed by atoms with Gasteiger partial charge in [-0.05, 0) is 133 Å². The molecule has 0 spiro atoms. The number of nitrogens with zero attached hydrogens (tertiary/aromatic N) is 4. The van der Waals surface area contributed by atoms with Crippen molar-refractivity contribution < 1.29 is 21.1 Å². The third-order valence-corrected chi connectivity index (χ3v) is 14.9. The van der Waals surface area contributed by atoms with Crippen molar-refractivity contribution in [1.29, 1.82) is 0 Å². The van der Waals surface area contributed by atoms with Gasteiger partial charge in [-0.25, -0.2) is 9.97 Å². The van der Waals surface area contributed by atoms with Crippen molar-refractivity contribution in [2.24, 2.45) is 0 Å². The zero-order chi connectivity index (χ0) is 41.1. The molecule has 0 radical (unpaired) electrons. The van der Waals surface area contributed by atoms with Crippen molar-refractivity contribution in [2.75, 3.05) is 0 Å². The number of benzene rings is 8. The molecular formula is C60H28N4Pt. The van der Waals surface area contributed by atoms with E-state index < -0.39 is 0 Å². The molecule has 4 nitrogen and oxygen atoms in total. The molecule has 0 atom stereocenters. The molecule has 17 rings (SSSR count). The van der Waals surface area contributed by atoms with Crippen molar-refractivity contribution in [3.8, 4) is 44.5 Å². The van der Waals surface area contributed by atoms with Gasteiger partial charge in [0.05, 0.1) is 22.1 Å². The van der Waals surface area contributed by atoms with Gasteiger partial charge in [0.25, 0.3) is 0 Å². The molecule has 8 aromatic carbocycles. The number of hydrogen-bond donors (Lipinski definition) is 0. The SMILES string of the molecule is [Pt+2].c1cc2c3c(cccc3c1)-c1c-2c2cc3nc(cc4[n-]c(cc5nc(cc1[n-]2)c1c2cccc6cccc(c5=1)c62)c1c4-c2cccc4cccc-1c24)c1c2cccc4cccc(c3=1)c42. The first-order chi connectivity index (χ1) is 31.7. The molecule has 6 aliphatic rings. The minimum atomic E-state index is 0. The summed E-state index contributed by atoms with van der Waals surface area (Å²) >= 11 is 0. The second-order valence-corrected chi connectivity index (χ2v) is 17.9. The van der Waals surface area contributed by atoms with E-state index in [-0.39, 0.29) is 21.1 Å². The van der Waals surface area contributed by atoms with Crippen LogP contribution < -0.4 is 9.97 Å². The van der Waals surface area contributed by atoms with E-state index in [1.165, 1.54) is 86.9 Å². The van der Waals surface area contributed by atoms with Crippen LogP contribution in [0.5, 0.6) is 0 Å². The second-order valence-electron chi connectivity index (χ2n) is 17.9. The molecule has 5 heteroatoms. The van der Waals surface area contributed by atoms with Gasteiger partial charge in [0, 0.05) is 20.9 Å². The molecule has 8 bridgehead atoms. The molecule has 298 valence electrons. The second kappa shape index (κ2) is 11.8. The minimum absolute atomic E-state index is 0. The van der Waals surface area contributed by atoms with E-state index >= 15 is 0 Å². The maximum atomic E-state index is 5.65. The number of aromatic nitrogens is 4. The first kappa shape index (κ1) is 34.6. The van der Waals surface area contributed by atoms with Crippen LogP contribution in [-0.2, 0) is 21.1 Å². The van der Waals surface area contributed by atoms with E-state index in [2.05, 4.69) is 170 Å². The standard InChI is InChI=1S/C60H28N4.Pt/c1-9-29-10-2-18-34-49(29)33(17-1)53-41-25-43-55-35-19-3-11-30-12-5-21-37(50(30)35)57(55)45(62-43)27-47-59-39-23-7-15-32-16-8-24-40(52(32)39)60(59)48(64-47)28-46-58-38-22-6-14-31-13-4-20-36(51(31)38)56(58)44(63-46)26-42(61-41)54(34)53;/h1-28H;/q-2;+2. The fourth-order valence-corrected chi connectivity index (χ4v) is 12.6. The molecule has 3 aromatic heterocycles. The summed E-state index contributed by atoms with van der Waals surface area (Å²) in [6, 6.07) is 62.4. The van der Waals surface area contributed by atoms with Gasteiger partial charge in [0.1, 0.15) is 0 Å². The van der Waals surface area contributed by atoms with E-state index in [0.717, 1.165) is 87.3 Å². The third-order valence-electron chi connectivity index (χ3n) is 14.9. The summed E-state index contributed by atoms with van der Waals surface area (Å²) in [5.74, 6) is 0. The molecule has 0 N–H and O–H groups in total. The first-order valence-electron chi connectivity index (χ1n) is 22.1. The Bertz CT molecular complexity index is 4320. The Hall–Kier alpha value is -7.91. The molecule has 0 amide bonds. The Balaban J connectivity index is 0.00000376. The zero-order valence-electron chi connectivity index (χ0n) is 34.3. The Kier molecular flexibility index (Phi) is 6.28. The summed E-state index contributed by atoms with van der Waals surface area (Å²) in [7, 11) is 0. The van der Waals surface area contributed by atoms with Crippen molar-refractivity contribution in [1.82, 2.24) is 19.9 Å². The topological polar surface area (TPSA) is 54.0 Å². The van der Waals surface area contributed by atoms with Gasteiger partial charge >= 0.3 is 21.1 Å². The summed E-state index contributed by atoms with van der Waals surface area (Å²) in [5, 5.41) is 19.5. The van der Waals surface area contributed by atoms with E-state index in [4.69, 9.17) is 19.9 Å². The summed E-state index contributed by atoms with van der Waals surface area (Å²) < 4.78 is 0. The fraction of sp³-hybridized carbons (Fsp3) is 0. The summed E-state index contributed by atoms with van der Waals surface area (Å²) in [4.78, 5) is 22.6. The summed E-state index contributed by atoms with van der Waals surface area (Å²) in [6.07, 6.45) is 0. The van der Waals surface area contributed by atoms with Crippen molar-refractivity contribution in [3.63, 3.8) is 0 Å². The van der Waals surface area contributed by atoms with Crippen LogP contribution in [0, 0.1) is 20.9 Å². The van der Waals surface area contributed by atoms with Gasteiger partial charge in [-0.15, -0.1) is 22.1 Å². The number of rotatable bonds is 0. The molecule has 0 saturated carbocycles. The maximum Gasteiger partial charge on any atom is 2.00 e. The monoisotopic (exact) mass is 999 g/mol. The van der Waals surface area contributed by atoms with Crippen LogP contribution >= 0.6 is 0 Å². The summed E-state index contributed by atoms with van der Waals surface area (Å²) in [5.41, 5.74) is 16.8. The maximum absolute atomic E-state index is 5.65. The van der Waals surface area contributed by atoms with E-state index in [1.807, 2.05) is 0 Å². The Morgan fingerprint density at radius 2 is 0.523 bits per heavy atom. The molecular weight excluding hydrogens is 972 g/mol. The molecule has 2 aliphatic heterocycles. The van der Waals surface area contributed by atoms with E-state index in [0.29, 0.717) is 0 Å². The van der Waals surface area contributed by atoms with Crippen LogP contribution in [-0.4, -0.2) is 9.97 Å². The smallest absolute Gasteiger partial charge is 0.657 e. The average Bonchev–Trinajstić information content (AvgIpc) is 4.21. The van der Waals surface area contributed by atoms with Crippen LogP contribution in [0.4, 0.5) is 0 Å². The Labute approximate surface area is 382 Å². The van der Waals surface area contributed by atoms with Crippen LogP contribution in [0.3, 0.4) is 0 Å². The quantitative estimate of drug-likeness (QED) is 0.152.